The van der Waals surface area contributed by atoms with E-state index >= 15 is 0 Å². The van der Waals surface area contributed by atoms with Crippen LogP contribution in [-0.2, 0) is 14.3 Å². The number of hydrogen-bond acceptors (Lipinski definition) is 5. The van der Waals surface area contributed by atoms with Gasteiger partial charge in [0.15, 0.2) is 0 Å². The van der Waals surface area contributed by atoms with Gasteiger partial charge in [-0.15, -0.1) is 0 Å². The van der Waals surface area contributed by atoms with Gasteiger partial charge in [-0.25, -0.2) is 0 Å². The van der Waals surface area contributed by atoms with Gasteiger partial charge in [0.1, 0.15) is 6.10 Å². The number of amides is 1. The lowest BCUT2D eigenvalue weighted by molar-refractivity contribution is -0.151. The minimum Gasteiger partial charge on any atom is -0.462 e. The molecule has 3 N–H and O–H groups in total. The van der Waals surface area contributed by atoms with E-state index < -0.39 is 18.2 Å². The second-order valence-corrected chi connectivity index (χ2v) is 16.6. The molecule has 0 rings (SSSR count). The summed E-state index contributed by atoms with van der Waals surface area (Å²) in [6.45, 7) is 6.25. The van der Waals surface area contributed by atoms with Crippen molar-refractivity contribution in [2.75, 3.05) is 6.61 Å². The van der Waals surface area contributed by atoms with Gasteiger partial charge >= 0.3 is 5.97 Å². The summed E-state index contributed by atoms with van der Waals surface area (Å²) in [5.74, 6) is -0.550. The minimum atomic E-state index is -0.808. The summed E-state index contributed by atoms with van der Waals surface area (Å²) in [6.07, 6.45) is 63.1. The maximum Gasteiger partial charge on any atom is 0.306 e. The van der Waals surface area contributed by atoms with Crippen molar-refractivity contribution < 1.29 is 24.5 Å². The first-order chi connectivity index (χ1) is 30.0. The van der Waals surface area contributed by atoms with Gasteiger partial charge in [0.25, 0.3) is 0 Å². The topological polar surface area (TPSA) is 95.9 Å². The number of hydrogen-bond donors (Lipinski definition) is 3. The van der Waals surface area contributed by atoms with Crippen molar-refractivity contribution >= 4 is 11.9 Å². The fourth-order valence-electron chi connectivity index (χ4n) is 7.00. The lowest BCUT2D eigenvalue weighted by atomic mass is 10.0. The normalized spacial score (nSPS) is 14.1. The van der Waals surface area contributed by atoms with Crippen LogP contribution in [0.1, 0.15) is 213 Å². The standard InChI is InChI=1S/C55H93NO5/c1-4-7-10-13-16-19-22-25-27-28-29-31-34-37-40-43-46-51(61-55(60)48-45-42-39-36-33-30-26-23-20-17-14-11-8-5-2)49-54(59)56-52(50-57)53(58)47-44-41-38-35-32-24-21-18-15-12-9-6-3/h8,10-11,13,16-17,19-20,22,25-31,51-53,57-58H,4-7,9,12,14-15,18,21,23-24,32-50H2,1-3H3,(H,56,59)/b11-8+,13-10+,19-16+,20-17+,25-22+,28-27+,30-26+,31-29+. The quantitative estimate of drug-likeness (QED) is 0.0246. The van der Waals surface area contributed by atoms with Gasteiger partial charge in [-0.3, -0.25) is 9.59 Å². The van der Waals surface area contributed by atoms with Crippen molar-refractivity contribution in [3.8, 4) is 0 Å². The molecule has 6 heteroatoms. The van der Waals surface area contributed by atoms with Crippen LogP contribution in [0.2, 0.25) is 0 Å². The van der Waals surface area contributed by atoms with Crippen molar-refractivity contribution in [3.63, 3.8) is 0 Å². The Labute approximate surface area is 376 Å². The van der Waals surface area contributed by atoms with Gasteiger partial charge in [-0.1, -0.05) is 221 Å². The largest absolute Gasteiger partial charge is 0.462 e. The Bertz CT molecular complexity index is 1220. The summed E-state index contributed by atoms with van der Waals surface area (Å²) < 4.78 is 5.90. The number of carbonyl (C=O) groups is 2. The highest BCUT2D eigenvalue weighted by Crippen LogP contribution is 2.17. The van der Waals surface area contributed by atoms with Crippen molar-refractivity contribution in [2.24, 2.45) is 0 Å². The van der Waals surface area contributed by atoms with Gasteiger partial charge in [-0.2, -0.15) is 0 Å². The van der Waals surface area contributed by atoms with Crippen LogP contribution in [0.4, 0.5) is 0 Å². The Hall–Kier alpha value is -3.22. The van der Waals surface area contributed by atoms with Crippen LogP contribution in [0, 0.1) is 0 Å². The monoisotopic (exact) mass is 848 g/mol. The molecule has 0 aliphatic heterocycles. The Morgan fingerprint density at radius 2 is 0.984 bits per heavy atom. The number of esters is 1. The number of nitrogens with one attached hydrogen (secondary N) is 1. The number of rotatable bonds is 43. The molecule has 348 valence electrons. The van der Waals surface area contributed by atoms with Crippen LogP contribution in [-0.4, -0.2) is 46.9 Å². The third-order valence-electron chi connectivity index (χ3n) is 10.8. The maximum absolute atomic E-state index is 13.2. The number of carbonyl (C=O) groups excluding carboxylic acids is 2. The first-order valence-corrected chi connectivity index (χ1v) is 25.0. The third-order valence-corrected chi connectivity index (χ3v) is 10.8. The zero-order valence-electron chi connectivity index (χ0n) is 39.5. The number of ether oxygens (including phenoxy) is 1. The van der Waals surface area contributed by atoms with Crippen molar-refractivity contribution in [1.29, 1.82) is 0 Å². The van der Waals surface area contributed by atoms with E-state index in [4.69, 9.17) is 4.74 Å². The highest BCUT2D eigenvalue weighted by Gasteiger charge is 2.24. The number of aliphatic hydroxyl groups excluding tert-OH is 2. The summed E-state index contributed by atoms with van der Waals surface area (Å²) in [4.78, 5) is 26.1. The minimum absolute atomic E-state index is 0.0347. The van der Waals surface area contributed by atoms with Crippen LogP contribution >= 0.6 is 0 Å². The van der Waals surface area contributed by atoms with Gasteiger partial charge in [-0.05, 0) is 77.0 Å². The number of aliphatic hydroxyl groups is 2. The van der Waals surface area contributed by atoms with Crippen molar-refractivity contribution in [1.82, 2.24) is 5.32 Å². The van der Waals surface area contributed by atoms with E-state index in [1.54, 1.807) is 0 Å². The lowest BCUT2D eigenvalue weighted by Crippen LogP contribution is -2.46. The molecular weight excluding hydrogens is 755 g/mol. The van der Waals surface area contributed by atoms with E-state index in [9.17, 15) is 19.8 Å². The predicted octanol–water partition coefficient (Wildman–Crippen LogP) is 14.9. The molecule has 0 aromatic carbocycles. The highest BCUT2D eigenvalue weighted by atomic mass is 16.5. The van der Waals surface area contributed by atoms with Crippen LogP contribution in [0.15, 0.2) is 97.2 Å². The van der Waals surface area contributed by atoms with Gasteiger partial charge in [0, 0.05) is 6.42 Å². The Kier molecular flexibility index (Phi) is 45.3. The average Bonchev–Trinajstić information content (AvgIpc) is 3.25. The number of unbranched alkanes of at least 4 members (excludes halogenated alkanes) is 19. The maximum atomic E-state index is 13.2. The zero-order chi connectivity index (χ0) is 44.5. The molecule has 0 radical (unpaired) electrons. The van der Waals surface area contributed by atoms with Gasteiger partial charge in [0.2, 0.25) is 5.91 Å². The summed E-state index contributed by atoms with van der Waals surface area (Å²) in [5.41, 5.74) is 0. The van der Waals surface area contributed by atoms with E-state index in [-0.39, 0.29) is 24.9 Å². The molecule has 0 bridgehead atoms. The molecule has 0 aliphatic rings. The second-order valence-electron chi connectivity index (χ2n) is 16.6. The van der Waals surface area contributed by atoms with E-state index in [0.29, 0.717) is 19.3 Å². The van der Waals surface area contributed by atoms with Crippen LogP contribution in [0.3, 0.4) is 0 Å². The molecule has 3 unspecified atom stereocenters. The molecule has 0 fully saturated rings. The van der Waals surface area contributed by atoms with E-state index in [1.807, 2.05) is 36.5 Å². The van der Waals surface area contributed by atoms with Crippen LogP contribution in [0.25, 0.3) is 0 Å². The molecule has 0 saturated heterocycles. The molecule has 61 heavy (non-hydrogen) atoms. The Morgan fingerprint density at radius 1 is 0.508 bits per heavy atom. The first-order valence-electron chi connectivity index (χ1n) is 25.0. The average molecular weight is 848 g/mol. The van der Waals surface area contributed by atoms with E-state index in [2.05, 4.69) is 86.8 Å². The van der Waals surface area contributed by atoms with Crippen molar-refractivity contribution in [2.45, 2.75) is 232 Å². The van der Waals surface area contributed by atoms with Crippen LogP contribution < -0.4 is 5.32 Å². The van der Waals surface area contributed by atoms with E-state index in [1.165, 1.54) is 64.2 Å². The fourth-order valence-corrected chi connectivity index (χ4v) is 7.00. The summed E-state index contributed by atoms with van der Waals surface area (Å²) in [7, 11) is 0. The second kappa shape index (κ2) is 47.8. The summed E-state index contributed by atoms with van der Waals surface area (Å²) in [6, 6.07) is -0.726. The molecule has 0 heterocycles. The molecule has 0 saturated carbocycles. The molecule has 0 aromatic heterocycles. The molecular formula is C55H93NO5. The van der Waals surface area contributed by atoms with E-state index in [0.717, 1.165) is 103 Å². The summed E-state index contributed by atoms with van der Waals surface area (Å²) in [5, 5.41) is 23.7. The zero-order valence-corrected chi connectivity index (χ0v) is 39.5. The molecule has 0 aromatic rings. The van der Waals surface area contributed by atoms with Crippen molar-refractivity contribution in [3.05, 3.63) is 97.2 Å². The predicted molar refractivity (Wildman–Crippen MR) is 264 cm³/mol. The molecule has 0 aliphatic carbocycles. The smallest absolute Gasteiger partial charge is 0.306 e. The van der Waals surface area contributed by atoms with Crippen LogP contribution in [0.5, 0.6) is 0 Å². The molecule has 0 spiro atoms. The third kappa shape index (κ3) is 43.2. The Morgan fingerprint density at radius 3 is 1.57 bits per heavy atom. The first kappa shape index (κ1) is 57.8. The SMILES string of the molecule is CC/C=C/C/C=C/C/C=C/CCCCCCC(=O)OC(CCCCC/C=C/C=C/C=C/C=C/C=C/CCC)CC(=O)NC(CO)C(O)CCCCCCCCCCCCCC. The fraction of sp³-hybridized carbons (Fsp3) is 0.673. The summed E-state index contributed by atoms with van der Waals surface area (Å²) >= 11 is 0. The molecule has 1 amide bonds. The Balaban J connectivity index is 4.76. The molecule has 3 atom stereocenters. The van der Waals surface area contributed by atoms with Gasteiger partial charge in [0.05, 0.1) is 25.2 Å². The van der Waals surface area contributed by atoms with Gasteiger partial charge < -0.3 is 20.3 Å². The highest BCUT2D eigenvalue weighted by molar-refractivity contribution is 5.77. The lowest BCUT2D eigenvalue weighted by Gasteiger charge is -2.24. The molecule has 6 nitrogen and oxygen atoms in total. The number of allylic oxidation sites excluding steroid dienone is 16.